The van der Waals surface area contributed by atoms with E-state index in [2.05, 4.69) is 41.4 Å². The number of hydrogen-bond acceptors (Lipinski definition) is 4. The average Bonchev–Trinajstić information content (AvgIpc) is 2.79. The van der Waals surface area contributed by atoms with Gasteiger partial charge in [-0.15, -0.1) is 11.3 Å². The normalized spacial score (nSPS) is 12.6. The molecule has 0 spiro atoms. The summed E-state index contributed by atoms with van der Waals surface area (Å²) in [4.78, 5) is 8.84. The summed E-state index contributed by atoms with van der Waals surface area (Å²) in [6.07, 6.45) is 3.70. The Balaban J connectivity index is 2.27. The number of nitrogens with zero attached hydrogens (tertiary/aromatic N) is 2. The number of nitrogens with one attached hydrogen (secondary N) is 1. The summed E-state index contributed by atoms with van der Waals surface area (Å²) in [5, 5.41) is 6.54. The van der Waals surface area contributed by atoms with E-state index < -0.39 is 0 Å². The summed E-state index contributed by atoms with van der Waals surface area (Å²) >= 11 is 1.68. The van der Waals surface area contributed by atoms with Crippen molar-refractivity contribution < 1.29 is 0 Å². The average molecular weight is 247 g/mol. The summed E-state index contributed by atoms with van der Waals surface area (Å²) in [6, 6.07) is 2.33. The SMILES string of the molecule is CCNC(C)c1csc(-c2cnccc2C)n1. The van der Waals surface area contributed by atoms with Crippen molar-refractivity contribution in [3.8, 4) is 10.6 Å². The Morgan fingerprint density at radius 2 is 2.29 bits per heavy atom. The summed E-state index contributed by atoms with van der Waals surface area (Å²) in [6.45, 7) is 7.29. The minimum Gasteiger partial charge on any atom is -0.309 e. The molecule has 4 heteroatoms. The largest absolute Gasteiger partial charge is 0.309 e. The van der Waals surface area contributed by atoms with E-state index in [1.54, 1.807) is 11.3 Å². The van der Waals surface area contributed by atoms with Crippen LogP contribution in [0.15, 0.2) is 23.8 Å². The molecule has 0 radical (unpaired) electrons. The molecular weight excluding hydrogens is 230 g/mol. The van der Waals surface area contributed by atoms with Crippen LogP contribution in [0.25, 0.3) is 10.6 Å². The Bertz CT molecular complexity index is 493. The molecule has 0 saturated heterocycles. The van der Waals surface area contributed by atoms with Gasteiger partial charge in [0.2, 0.25) is 0 Å². The highest BCUT2D eigenvalue weighted by atomic mass is 32.1. The molecule has 1 unspecified atom stereocenters. The summed E-state index contributed by atoms with van der Waals surface area (Å²) < 4.78 is 0. The molecule has 2 heterocycles. The van der Waals surface area contributed by atoms with E-state index in [9.17, 15) is 0 Å². The second-order valence-electron chi connectivity index (χ2n) is 4.05. The van der Waals surface area contributed by atoms with Gasteiger partial charge in [0, 0.05) is 29.4 Å². The van der Waals surface area contributed by atoms with Crippen LogP contribution in [0.5, 0.6) is 0 Å². The minimum absolute atomic E-state index is 0.307. The number of hydrogen-bond donors (Lipinski definition) is 1. The van der Waals surface area contributed by atoms with Gasteiger partial charge in [0.05, 0.1) is 5.69 Å². The van der Waals surface area contributed by atoms with E-state index in [1.807, 2.05) is 18.5 Å². The topological polar surface area (TPSA) is 37.8 Å². The zero-order valence-corrected chi connectivity index (χ0v) is 11.2. The third-order valence-corrected chi connectivity index (χ3v) is 3.64. The molecule has 2 rings (SSSR count). The van der Waals surface area contributed by atoms with Crippen molar-refractivity contribution in [1.29, 1.82) is 0 Å². The van der Waals surface area contributed by atoms with Gasteiger partial charge in [-0.2, -0.15) is 0 Å². The molecule has 0 aliphatic carbocycles. The highest BCUT2D eigenvalue weighted by molar-refractivity contribution is 7.13. The maximum Gasteiger partial charge on any atom is 0.125 e. The van der Waals surface area contributed by atoms with Gasteiger partial charge in [-0.3, -0.25) is 4.98 Å². The fourth-order valence-electron chi connectivity index (χ4n) is 1.71. The van der Waals surface area contributed by atoms with E-state index in [4.69, 9.17) is 0 Å². The lowest BCUT2D eigenvalue weighted by atomic mass is 10.2. The predicted molar refractivity (Wildman–Crippen MR) is 72.2 cm³/mol. The Morgan fingerprint density at radius 3 is 3.00 bits per heavy atom. The van der Waals surface area contributed by atoms with Gasteiger partial charge in [-0.1, -0.05) is 6.92 Å². The molecule has 0 aliphatic heterocycles. The van der Waals surface area contributed by atoms with E-state index in [0.29, 0.717) is 6.04 Å². The van der Waals surface area contributed by atoms with Crippen LogP contribution in [0.3, 0.4) is 0 Å². The Labute approximate surface area is 106 Å². The third kappa shape index (κ3) is 2.70. The monoisotopic (exact) mass is 247 g/mol. The lowest BCUT2D eigenvalue weighted by molar-refractivity contribution is 0.587. The molecule has 0 saturated carbocycles. The summed E-state index contributed by atoms with van der Waals surface area (Å²) in [5.74, 6) is 0. The molecule has 0 amide bonds. The van der Waals surface area contributed by atoms with Gasteiger partial charge in [-0.05, 0) is 32.0 Å². The van der Waals surface area contributed by atoms with Crippen LogP contribution in [0.2, 0.25) is 0 Å². The zero-order valence-electron chi connectivity index (χ0n) is 10.4. The number of rotatable bonds is 4. The maximum atomic E-state index is 4.68. The molecule has 3 nitrogen and oxygen atoms in total. The lowest BCUT2D eigenvalue weighted by Crippen LogP contribution is -2.17. The van der Waals surface area contributed by atoms with E-state index in [-0.39, 0.29) is 0 Å². The van der Waals surface area contributed by atoms with Crippen LogP contribution in [0, 0.1) is 6.92 Å². The first-order chi connectivity index (χ1) is 8.22. The van der Waals surface area contributed by atoms with Crippen molar-refractivity contribution in [3.63, 3.8) is 0 Å². The van der Waals surface area contributed by atoms with Crippen LogP contribution in [-0.4, -0.2) is 16.5 Å². The second kappa shape index (κ2) is 5.38. The smallest absolute Gasteiger partial charge is 0.125 e. The van der Waals surface area contributed by atoms with Gasteiger partial charge in [-0.25, -0.2) is 4.98 Å². The van der Waals surface area contributed by atoms with Crippen molar-refractivity contribution in [2.45, 2.75) is 26.8 Å². The van der Waals surface area contributed by atoms with Crippen LogP contribution >= 0.6 is 11.3 Å². The van der Waals surface area contributed by atoms with Gasteiger partial charge in [0.25, 0.3) is 0 Å². The van der Waals surface area contributed by atoms with E-state index in [1.165, 1.54) is 5.56 Å². The van der Waals surface area contributed by atoms with Crippen LogP contribution in [0.4, 0.5) is 0 Å². The molecule has 1 atom stereocenters. The highest BCUT2D eigenvalue weighted by Crippen LogP contribution is 2.27. The van der Waals surface area contributed by atoms with Crippen molar-refractivity contribution in [1.82, 2.24) is 15.3 Å². The number of aromatic nitrogens is 2. The quantitative estimate of drug-likeness (QED) is 0.901. The number of thiazole rings is 1. The van der Waals surface area contributed by atoms with Gasteiger partial charge >= 0.3 is 0 Å². The summed E-state index contributed by atoms with van der Waals surface area (Å²) in [7, 11) is 0. The van der Waals surface area contributed by atoms with Crippen molar-refractivity contribution in [3.05, 3.63) is 35.1 Å². The minimum atomic E-state index is 0.307. The van der Waals surface area contributed by atoms with Gasteiger partial charge in [0.15, 0.2) is 0 Å². The molecule has 0 aliphatic rings. The zero-order chi connectivity index (χ0) is 12.3. The summed E-state index contributed by atoms with van der Waals surface area (Å²) in [5.41, 5.74) is 3.46. The van der Waals surface area contributed by atoms with Gasteiger partial charge in [0.1, 0.15) is 5.01 Å². The molecule has 0 fully saturated rings. The third-order valence-electron chi connectivity index (χ3n) is 2.75. The maximum absolute atomic E-state index is 4.68. The first-order valence-corrected chi connectivity index (χ1v) is 6.70. The fourth-order valence-corrected chi connectivity index (χ4v) is 2.70. The highest BCUT2D eigenvalue weighted by Gasteiger charge is 2.11. The molecule has 90 valence electrons. The standard InChI is InChI=1S/C13H17N3S/c1-4-15-10(3)12-8-17-13(16-12)11-7-14-6-5-9(11)2/h5-8,10,15H,4H2,1-3H3. The van der Waals surface area contributed by atoms with Gasteiger partial charge < -0.3 is 5.32 Å². The molecule has 17 heavy (non-hydrogen) atoms. The van der Waals surface area contributed by atoms with Crippen molar-refractivity contribution >= 4 is 11.3 Å². The Kier molecular flexibility index (Phi) is 3.86. The number of pyridine rings is 1. The number of aryl methyl sites for hydroxylation is 1. The molecule has 2 aromatic rings. The van der Waals surface area contributed by atoms with Crippen molar-refractivity contribution in [2.24, 2.45) is 0 Å². The van der Waals surface area contributed by atoms with E-state index in [0.717, 1.165) is 22.8 Å². The van der Waals surface area contributed by atoms with Crippen LogP contribution in [-0.2, 0) is 0 Å². The molecule has 0 bridgehead atoms. The predicted octanol–water partition coefficient (Wildman–Crippen LogP) is 3.18. The lowest BCUT2D eigenvalue weighted by Gasteiger charge is -2.08. The molecule has 1 N–H and O–H groups in total. The fraction of sp³-hybridized carbons (Fsp3) is 0.385. The molecule has 0 aromatic carbocycles. The first-order valence-electron chi connectivity index (χ1n) is 5.82. The second-order valence-corrected chi connectivity index (χ2v) is 4.91. The van der Waals surface area contributed by atoms with Crippen LogP contribution in [0.1, 0.15) is 31.1 Å². The Hall–Kier alpha value is -1.26. The van der Waals surface area contributed by atoms with Crippen molar-refractivity contribution in [2.75, 3.05) is 6.54 Å². The first kappa shape index (κ1) is 12.2. The Morgan fingerprint density at radius 1 is 1.47 bits per heavy atom. The van der Waals surface area contributed by atoms with E-state index >= 15 is 0 Å². The molecular formula is C13H17N3S. The van der Waals surface area contributed by atoms with Crippen LogP contribution < -0.4 is 5.32 Å². The molecule has 2 aromatic heterocycles.